The normalized spacial score (nSPS) is 15.3. The summed E-state index contributed by atoms with van der Waals surface area (Å²) in [5.74, 6) is 0. The Kier molecular flexibility index (Phi) is 4.48. The lowest BCUT2D eigenvalue weighted by Gasteiger charge is -2.24. The number of carbonyl (C=O) groups is 1. The van der Waals surface area contributed by atoms with Crippen LogP contribution in [0.1, 0.15) is 24.0 Å². The van der Waals surface area contributed by atoms with E-state index in [2.05, 4.69) is 18.3 Å². The van der Waals surface area contributed by atoms with Crippen LogP contribution >= 0.6 is 11.6 Å². The number of halogens is 1. The van der Waals surface area contributed by atoms with Crippen LogP contribution in [0, 0.1) is 6.92 Å². The molecule has 3 nitrogen and oxygen atoms in total. The molecule has 0 saturated carbocycles. The number of likely N-dealkylation sites (tertiary alicyclic amines) is 1. The van der Waals surface area contributed by atoms with Crippen molar-refractivity contribution in [3.63, 3.8) is 0 Å². The van der Waals surface area contributed by atoms with Gasteiger partial charge < -0.3 is 10.2 Å². The first kappa shape index (κ1) is 13.9. The monoisotopic (exact) mass is 278 g/mol. The van der Waals surface area contributed by atoms with E-state index in [1.54, 1.807) is 0 Å². The van der Waals surface area contributed by atoms with Crippen molar-refractivity contribution in [2.45, 2.75) is 19.8 Å². The van der Waals surface area contributed by atoms with Crippen molar-refractivity contribution in [3.8, 4) is 0 Å². The number of benzene rings is 1. The van der Waals surface area contributed by atoms with Crippen LogP contribution in [0.5, 0.6) is 0 Å². The van der Waals surface area contributed by atoms with E-state index in [9.17, 15) is 4.79 Å². The molecule has 1 saturated heterocycles. The molecule has 1 fully saturated rings. The fourth-order valence-corrected chi connectivity index (χ4v) is 2.62. The van der Waals surface area contributed by atoms with Crippen molar-refractivity contribution in [1.29, 1.82) is 0 Å². The lowest BCUT2D eigenvalue weighted by atomic mass is 9.98. The van der Waals surface area contributed by atoms with Crippen LogP contribution in [0.15, 0.2) is 17.7 Å². The van der Waals surface area contributed by atoms with Gasteiger partial charge in [0.1, 0.15) is 0 Å². The maximum atomic E-state index is 10.7. The summed E-state index contributed by atoms with van der Waals surface area (Å²) in [5.41, 5.74) is 4.80. The molecule has 0 bridgehead atoms. The molecule has 0 aromatic heterocycles. The molecule has 0 unspecified atom stereocenters. The van der Waals surface area contributed by atoms with Crippen LogP contribution in [0.2, 0.25) is 5.02 Å². The van der Waals surface area contributed by atoms with Gasteiger partial charge in [-0.1, -0.05) is 23.3 Å². The minimum Gasteiger partial charge on any atom is -0.388 e. The summed E-state index contributed by atoms with van der Waals surface area (Å²) in [7, 11) is 1.90. The van der Waals surface area contributed by atoms with Crippen molar-refractivity contribution < 1.29 is 4.79 Å². The Bertz CT molecular complexity index is 501. The Morgan fingerprint density at radius 3 is 2.58 bits per heavy atom. The highest BCUT2D eigenvalue weighted by Gasteiger charge is 2.12. The second-order valence-electron chi connectivity index (χ2n) is 4.86. The number of rotatable bonds is 3. The number of amides is 1. The topological polar surface area (TPSA) is 32.3 Å². The van der Waals surface area contributed by atoms with Gasteiger partial charge in [0.2, 0.25) is 6.41 Å². The second kappa shape index (κ2) is 6.11. The zero-order valence-electron chi connectivity index (χ0n) is 11.4. The van der Waals surface area contributed by atoms with Gasteiger partial charge in [0.15, 0.2) is 0 Å². The van der Waals surface area contributed by atoms with E-state index in [0.717, 1.165) is 48.6 Å². The van der Waals surface area contributed by atoms with Gasteiger partial charge in [0, 0.05) is 30.8 Å². The molecule has 0 aliphatic carbocycles. The van der Waals surface area contributed by atoms with Crippen molar-refractivity contribution in [1.82, 2.24) is 4.90 Å². The third kappa shape index (κ3) is 3.29. The summed E-state index contributed by atoms with van der Waals surface area (Å²) in [6, 6.07) is 3.94. The number of piperidine rings is 1. The molecule has 0 atom stereocenters. The molecule has 1 heterocycles. The number of hydrogen-bond donors (Lipinski definition) is 1. The summed E-state index contributed by atoms with van der Waals surface area (Å²) in [6.07, 6.45) is 5.03. The fraction of sp³-hybridized carbons (Fsp3) is 0.400. The second-order valence-corrected chi connectivity index (χ2v) is 5.30. The van der Waals surface area contributed by atoms with Gasteiger partial charge in [-0.3, -0.25) is 4.79 Å². The fourth-order valence-electron chi connectivity index (χ4n) is 2.39. The van der Waals surface area contributed by atoms with Crippen LogP contribution < -0.4 is 5.32 Å². The molecule has 2 rings (SSSR count). The Morgan fingerprint density at radius 1 is 1.32 bits per heavy atom. The highest BCUT2D eigenvalue weighted by atomic mass is 35.5. The van der Waals surface area contributed by atoms with Crippen molar-refractivity contribution in [2.24, 2.45) is 0 Å². The summed E-state index contributed by atoms with van der Waals surface area (Å²) >= 11 is 6.14. The molecule has 1 amide bonds. The quantitative estimate of drug-likeness (QED) is 0.860. The molecule has 1 aliphatic heterocycles. The Morgan fingerprint density at radius 2 is 2.00 bits per heavy atom. The van der Waals surface area contributed by atoms with E-state index in [-0.39, 0.29) is 0 Å². The smallest absolute Gasteiger partial charge is 0.209 e. The van der Waals surface area contributed by atoms with Gasteiger partial charge in [-0.25, -0.2) is 0 Å². The molecule has 0 spiro atoms. The third-order valence-electron chi connectivity index (χ3n) is 3.63. The number of carbonyl (C=O) groups excluding carboxylic acids is 1. The van der Waals surface area contributed by atoms with E-state index in [1.165, 1.54) is 11.1 Å². The highest BCUT2D eigenvalue weighted by Crippen LogP contribution is 2.28. The average molecular weight is 279 g/mol. The Balaban J connectivity index is 2.23. The van der Waals surface area contributed by atoms with Gasteiger partial charge >= 0.3 is 0 Å². The number of nitrogens with zero attached hydrogens (tertiary/aromatic N) is 1. The molecule has 4 heteroatoms. The molecule has 0 radical (unpaired) electrons. The van der Waals surface area contributed by atoms with Crippen LogP contribution in [-0.4, -0.2) is 31.4 Å². The summed E-state index contributed by atoms with van der Waals surface area (Å²) in [4.78, 5) is 12.5. The van der Waals surface area contributed by atoms with E-state index in [4.69, 9.17) is 11.6 Å². The first-order chi connectivity index (χ1) is 9.13. The third-order valence-corrected chi connectivity index (χ3v) is 3.85. The van der Waals surface area contributed by atoms with E-state index < -0.39 is 0 Å². The molecular weight excluding hydrogens is 260 g/mol. The van der Waals surface area contributed by atoms with E-state index in [1.807, 2.05) is 24.1 Å². The predicted octanol–water partition coefficient (Wildman–Crippen LogP) is 3.33. The largest absolute Gasteiger partial charge is 0.388 e. The summed E-state index contributed by atoms with van der Waals surface area (Å²) in [5, 5.41) is 3.90. The number of nitrogens with one attached hydrogen (secondary N) is 1. The average Bonchev–Trinajstić information content (AvgIpc) is 2.43. The van der Waals surface area contributed by atoms with Gasteiger partial charge in [-0.2, -0.15) is 0 Å². The van der Waals surface area contributed by atoms with E-state index in [0.29, 0.717) is 0 Å². The van der Waals surface area contributed by atoms with Gasteiger partial charge in [-0.05, 0) is 43.0 Å². The molecule has 102 valence electrons. The highest BCUT2D eigenvalue weighted by molar-refractivity contribution is 6.31. The Hall–Kier alpha value is -1.48. The van der Waals surface area contributed by atoms with Crippen LogP contribution in [0.25, 0.3) is 6.08 Å². The van der Waals surface area contributed by atoms with Gasteiger partial charge in [0.05, 0.1) is 0 Å². The standard InChI is InChI=1S/C15H19ClN2O/c1-11-13(8-14(16)9-15(11)17-2)7-12-3-5-18(10-19)6-4-12/h7-10,17H,3-6H2,1-2H3. The molecule has 19 heavy (non-hydrogen) atoms. The molecule has 1 aliphatic rings. The summed E-state index contributed by atoms with van der Waals surface area (Å²) < 4.78 is 0. The minimum absolute atomic E-state index is 0.743. The maximum absolute atomic E-state index is 10.7. The molecule has 1 aromatic rings. The zero-order chi connectivity index (χ0) is 13.8. The summed E-state index contributed by atoms with van der Waals surface area (Å²) in [6.45, 7) is 3.72. The molecule has 1 aromatic carbocycles. The zero-order valence-corrected chi connectivity index (χ0v) is 12.1. The predicted molar refractivity (Wildman–Crippen MR) is 80.6 cm³/mol. The van der Waals surface area contributed by atoms with Crippen LogP contribution in [0.4, 0.5) is 5.69 Å². The van der Waals surface area contributed by atoms with Crippen LogP contribution in [0.3, 0.4) is 0 Å². The first-order valence-electron chi connectivity index (χ1n) is 6.50. The number of anilines is 1. The van der Waals surface area contributed by atoms with E-state index >= 15 is 0 Å². The SMILES string of the molecule is CNc1cc(Cl)cc(C=C2CCN(C=O)CC2)c1C. The minimum atomic E-state index is 0.743. The van der Waals surface area contributed by atoms with Gasteiger partial charge in [0.25, 0.3) is 0 Å². The van der Waals surface area contributed by atoms with Crippen molar-refractivity contribution in [2.75, 3.05) is 25.5 Å². The van der Waals surface area contributed by atoms with Crippen molar-refractivity contribution in [3.05, 3.63) is 33.9 Å². The van der Waals surface area contributed by atoms with Crippen LogP contribution in [-0.2, 0) is 4.79 Å². The molecular formula is C15H19ClN2O. The maximum Gasteiger partial charge on any atom is 0.209 e. The van der Waals surface area contributed by atoms with Crippen molar-refractivity contribution >= 4 is 29.8 Å². The lowest BCUT2D eigenvalue weighted by Crippen LogP contribution is -2.29. The number of hydrogen-bond acceptors (Lipinski definition) is 2. The first-order valence-corrected chi connectivity index (χ1v) is 6.88. The van der Waals surface area contributed by atoms with Gasteiger partial charge in [-0.15, -0.1) is 0 Å². The lowest BCUT2D eigenvalue weighted by molar-refractivity contribution is -0.118. The Labute approximate surface area is 119 Å². The molecule has 1 N–H and O–H groups in total.